The summed E-state index contributed by atoms with van der Waals surface area (Å²) in [6.45, 7) is 3.25. The van der Waals surface area contributed by atoms with Crippen LogP contribution in [0.3, 0.4) is 0 Å². The molecule has 6 heteroatoms. The van der Waals surface area contributed by atoms with Crippen LogP contribution in [0.25, 0.3) is 5.76 Å². The molecular formula is C24H26N2O4. The molecule has 1 aromatic heterocycles. The Bertz CT molecular complexity index is 984. The number of ketones is 1. The van der Waals surface area contributed by atoms with Crippen molar-refractivity contribution in [1.29, 1.82) is 0 Å². The molecular weight excluding hydrogens is 380 g/mol. The smallest absolute Gasteiger partial charge is 0.295 e. The summed E-state index contributed by atoms with van der Waals surface area (Å²) in [6, 6.07) is 8.39. The molecule has 2 aromatic rings. The molecule has 1 amide bonds. The molecule has 1 fully saturated rings. The van der Waals surface area contributed by atoms with Crippen LogP contribution in [0.15, 0.2) is 48.3 Å². The second kappa shape index (κ2) is 8.69. The van der Waals surface area contributed by atoms with Gasteiger partial charge in [0.15, 0.2) is 0 Å². The van der Waals surface area contributed by atoms with Gasteiger partial charge in [0.05, 0.1) is 18.2 Å². The third-order valence-corrected chi connectivity index (χ3v) is 5.75. The molecule has 6 nitrogen and oxygen atoms in total. The van der Waals surface area contributed by atoms with E-state index in [4.69, 9.17) is 4.74 Å². The minimum atomic E-state index is -0.639. The number of hydrogen-bond donors (Lipinski definition) is 1. The van der Waals surface area contributed by atoms with E-state index in [9.17, 15) is 14.7 Å². The minimum Gasteiger partial charge on any atom is -0.507 e. The van der Waals surface area contributed by atoms with Crippen molar-refractivity contribution in [3.05, 3.63) is 65.0 Å². The summed E-state index contributed by atoms with van der Waals surface area (Å²) in [5.74, 6) is -0.527. The van der Waals surface area contributed by atoms with Crippen LogP contribution >= 0.6 is 0 Å². The van der Waals surface area contributed by atoms with Crippen molar-refractivity contribution in [2.24, 2.45) is 0 Å². The summed E-state index contributed by atoms with van der Waals surface area (Å²) in [6.07, 6.45) is 7.83. The Morgan fingerprint density at radius 3 is 2.77 bits per heavy atom. The predicted molar refractivity (Wildman–Crippen MR) is 113 cm³/mol. The van der Waals surface area contributed by atoms with Crippen LogP contribution in [0.5, 0.6) is 5.75 Å². The molecule has 1 atom stereocenters. The molecule has 1 N–H and O–H groups in total. The molecule has 3 heterocycles. The minimum absolute atomic E-state index is 0.137. The van der Waals surface area contributed by atoms with E-state index < -0.39 is 17.7 Å². The van der Waals surface area contributed by atoms with Crippen LogP contribution in [-0.4, -0.2) is 39.8 Å². The van der Waals surface area contributed by atoms with E-state index in [2.05, 4.69) is 11.9 Å². The number of Topliss-reactive ketones (excluding diaryl/α,β-unsaturated/α-hetero) is 1. The lowest BCUT2D eigenvalue weighted by atomic mass is 9.94. The van der Waals surface area contributed by atoms with Gasteiger partial charge in [0, 0.05) is 24.5 Å². The van der Waals surface area contributed by atoms with Crippen LogP contribution < -0.4 is 4.74 Å². The number of nitrogens with zero attached hydrogens (tertiary/aromatic N) is 2. The van der Waals surface area contributed by atoms with Gasteiger partial charge in [-0.3, -0.25) is 14.6 Å². The highest BCUT2D eigenvalue weighted by atomic mass is 16.5. The highest BCUT2D eigenvalue weighted by molar-refractivity contribution is 6.46. The molecule has 2 aliphatic heterocycles. The van der Waals surface area contributed by atoms with Crippen LogP contribution in [0.4, 0.5) is 0 Å². The van der Waals surface area contributed by atoms with Gasteiger partial charge in [-0.25, -0.2) is 0 Å². The topological polar surface area (TPSA) is 79.7 Å². The van der Waals surface area contributed by atoms with Crippen molar-refractivity contribution >= 4 is 17.4 Å². The zero-order valence-electron chi connectivity index (χ0n) is 17.1. The van der Waals surface area contributed by atoms with Crippen LogP contribution in [0.1, 0.15) is 55.3 Å². The van der Waals surface area contributed by atoms with Gasteiger partial charge in [-0.2, -0.15) is 0 Å². The van der Waals surface area contributed by atoms with E-state index in [1.54, 1.807) is 35.5 Å². The maximum Gasteiger partial charge on any atom is 0.295 e. The normalized spacial score (nSPS) is 20.2. The molecule has 0 aliphatic carbocycles. The molecule has 1 aromatic carbocycles. The Balaban J connectivity index is 1.79. The fraction of sp³-hybridized carbons (Fsp3) is 0.375. The van der Waals surface area contributed by atoms with Crippen molar-refractivity contribution in [3.8, 4) is 5.75 Å². The van der Waals surface area contributed by atoms with Gasteiger partial charge >= 0.3 is 0 Å². The van der Waals surface area contributed by atoms with E-state index in [0.717, 1.165) is 49.0 Å². The average molecular weight is 406 g/mol. The number of fused-ring (bicyclic) bond motifs is 1. The Morgan fingerprint density at radius 2 is 2.00 bits per heavy atom. The molecule has 0 bridgehead atoms. The summed E-state index contributed by atoms with van der Waals surface area (Å²) in [5.41, 5.74) is 2.44. The van der Waals surface area contributed by atoms with E-state index in [0.29, 0.717) is 18.7 Å². The Kier molecular flexibility index (Phi) is 5.84. The lowest BCUT2D eigenvalue weighted by molar-refractivity contribution is -0.139. The van der Waals surface area contributed by atoms with Crippen molar-refractivity contribution in [1.82, 2.24) is 9.88 Å². The van der Waals surface area contributed by atoms with Crippen LogP contribution in [0, 0.1) is 0 Å². The second-order valence-electron chi connectivity index (χ2n) is 7.75. The zero-order chi connectivity index (χ0) is 21.1. The number of benzene rings is 1. The first-order valence-electron chi connectivity index (χ1n) is 10.6. The quantitative estimate of drug-likeness (QED) is 0.339. The molecule has 0 radical (unpaired) electrons. The summed E-state index contributed by atoms with van der Waals surface area (Å²) in [5, 5.41) is 11.2. The van der Waals surface area contributed by atoms with E-state index in [-0.39, 0.29) is 11.3 Å². The number of aliphatic hydroxyl groups is 1. The standard InChI is InChI=1S/C24H26N2O4/c1-2-3-4-13-26-21(16-9-11-25-12-10-16)20(23(28)24(26)29)22(27)18-7-8-19-17(15-18)6-5-14-30-19/h7-12,15,21,27H,2-6,13-14H2,1H3/b22-20-. The molecule has 1 unspecified atom stereocenters. The Morgan fingerprint density at radius 1 is 1.20 bits per heavy atom. The molecule has 156 valence electrons. The van der Waals surface area contributed by atoms with Crippen molar-refractivity contribution < 1.29 is 19.4 Å². The lowest BCUT2D eigenvalue weighted by Crippen LogP contribution is -2.30. The van der Waals surface area contributed by atoms with E-state index in [1.807, 2.05) is 12.1 Å². The van der Waals surface area contributed by atoms with Gasteiger partial charge in [0.2, 0.25) is 0 Å². The first-order chi connectivity index (χ1) is 14.6. The third kappa shape index (κ3) is 3.70. The number of aliphatic hydroxyl groups excluding tert-OH is 1. The van der Waals surface area contributed by atoms with Gasteiger partial charge in [-0.1, -0.05) is 19.8 Å². The fourth-order valence-corrected chi connectivity index (χ4v) is 4.20. The largest absolute Gasteiger partial charge is 0.507 e. The number of ether oxygens (including phenoxy) is 1. The highest BCUT2D eigenvalue weighted by Crippen LogP contribution is 2.40. The number of aromatic nitrogens is 1. The van der Waals surface area contributed by atoms with Gasteiger partial charge < -0.3 is 14.7 Å². The van der Waals surface area contributed by atoms with Crippen molar-refractivity contribution in [2.45, 2.75) is 45.1 Å². The number of amides is 1. The average Bonchev–Trinajstić information content (AvgIpc) is 3.04. The molecule has 0 spiro atoms. The maximum absolute atomic E-state index is 13.0. The summed E-state index contributed by atoms with van der Waals surface area (Å²) in [4.78, 5) is 31.5. The number of hydrogen-bond acceptors (Lipinski definition) is 5. The summed E-state index contributed by atoms with van der Waals surface area (Å²) < 4.78 is 5.65. The predicted octanol–water partition coefficient (Wildman–Crippen LogP) is 4.02. The van der Waals surface area contributed by atoms with E-state index in [1.165, 1.54) is 0 Å². The van der Waals surface area contributed by atoms with Crippen molar-refractivity contribution in [3.63, 3.8) is 0 Å². The first kappa shape index (κ1) is 20.1. The number of carbonyl (C=O) groups is 2. The zero-order valence-corrected chi connectivity index (χ0v) is 17.1. The molecule has 2 aliphatic rings. The maximum atomic E-state index is 13.0. The second-order valence-corrected chi connectivity index (χ2v) is 7.75. The molecule has 1 saturated heterocycles. The number of pyridine rings is 1. The van der Waals surface area contributed by atoms with Gasteiger partial charge in [-0.05, 0) is 60.7 Å². The molecule has 4 rings (SSSR count). The van der Waals surface area contributed by atoms with Crippen molar-refractivity contribution in [2.75, 3.05) is 13.2 Å². The number of rotatable bonds is 6. The Hall–Kier alpha value is -3.15. The first-order valence-corrected chi connectivity index (χ1v) is 10.6. The van der Waals surface area contributed by atoms with Gasteiger partial charge in [0.25, 0.3) is 11.7 Å². The van der Waals surface area contributed by atoms with Crippen LogP contribution in [0.2, 0.25) is 0 Å². The van der Waals surface area contributed by atoms with Gasteiger partial charge in [-0.15, -0.1) is 0 Å². The monoisotopic (exact) mass is 406 g/mol. The van der Waals surface area contributed by atoms with E-state index >= 15 is 0 Å². The molecule has 0 saturated carbocycles. The number of aryl methyl sites for hydroxylation is 1. The number of likely N-dealkylation sites (tertiary alicyclic amines) is 1. The molecule has 30 heavy (non-hydrogen) atoms. The lowest BCUT2D eigenvalue weighted by Gasteiger charge is -2.25. The SMILES string of the molecule is CCCCCN1C(=O)C(=O)/C(=C(\O)c2ccc3c(c2)CCCO3)C1c1ccncc1. The number of unbranched alkanes of at least 4 members (excludes halogenated alkanes) is 2. The highest BCUT2D eigenvalue weighted by Gasteiger charge is 2.45. The fourth-order valence-electron chi connectivity index (χ4n) is 4.20. The number of carbonyl (C=O) groups excluding carboxylic acids is 2. The van der Waals surface area contributed by atoms with Gasteiger partial charge in [0.1, 0.15) is 11.5 Å². The summed E-state index contributed by atoms with van der Waals surface area (Å²) in [7, 11) is 0. The van der Waals surface area contributed by atoms with Crippen LogP contribution in [-0.2, 0) is 16.0 Å². The summed E-state index contributed by atoms with van der Waals surface area (Å²) >= 11 is 0. The third-order valence-electron chi connectivity index (χ3n) is 5.75. The Labute approximate surface area is 176 Å².